The number of halogens is 2. The van der Waals surface area contributed by atoms with Gasteiger partial charge in [0.1, 0.15) is 0 Å². The number of carbonyl (C=O) groups excluding carboxylic acids is 1. The SMILES string of the molecule is CCC(=O)c1cc(CNC2(C)CCC2)cc(C(F)(F)P)c1CC. The van der Waals surface area contributed by atoms with Crippen LogP contribution in [0.3, 0.4) is 0 Å². The fourth-order valence-corrected chi connectivity index (χ4v) is 3.41. The van der Waals surface area contributed by atoms with Crippen molar-refractivity contribution >= 4 is 15.0 Å². The normalized spacial score (nSPS) is 17.0. The summed E-state index contributed by atoms with van der Waals surface area (Å²) in [5.74, 6) is -0.0749. The predicted octanol–water partition coefficient (Wildman–Crippen LogP) is 4.80. The Labute approximate surface area is 139 Å². The molecule has 5 heteroatoms. The maximum absolute atomic E-state index is 14.0. The van der Waals surface area contributed by atoms with Gasteiger partial charge in [0.2, 0.25) is 0 Å². The largest absolute Gasteiger partial charge is 0.307 e. The highest BCUT2D eigenvalue weighted by molar-refractivity contribution is 7.17. The van der Waals surface area contributed by atoms with E-state index in [9.17, 15) is 13.6 Å². The second kappa shape index (κ2) is 6.94. The third-order valence-corrected chi connectivity index (χ3v) is 5.13. The Balaban J connectivity index is 2.40. The van der Waals surface area contributed by atoms with Crippen molar-refractivity contribution in [1.29, 1.82) is 0 Å². The molecule has 0 spiro atoms. The summed E-state index contributed by atoms with van der Waals surface area (Å²) in [5, 5.41) is 3.45. The van der Waals surface area contributed by atoms with Gasteiger partial charge in [0, 0.05) is 29.6 Å². The topological polar surface area (TPSA) is 29.1 Å². The summed E-state index contributed by atoms with van der Waals surface area (Å²) in [6.45, 7) is 6.24. The molecule has 1 unspecified atom stereocenters. The molecule has 1 saturated carbocycles. The van der Waals surface area contributed by atoms with Gasteiger partial charge >= 0.3 is 0 Å². The lowest BCUT2D eigenvalue weighted by molar-refractivity contribution is 0.0978. The smallest absolute Gasteiger partial charge is 0.284 e. The van der Waals surface area contributed by atoms with Gasteiger partial charge < -0.3 is 5.32 Å². The molecule has 1 aliphatic rings. The van der Waals surface area contributed by atoms with E-state index in [-0.39, 0.29) is 16.9 Å². The molecule has 23 heavy (non-hydrogen) atoms. The van der Waals surface area contributed by atoms with E-state index in [0.29, 0.717) is 30.5 Å². The van der Waals surface area contributed by atoms with Gasteiger partial charge in [-0.05, 0) is 55.9 Å². The second-order valence-corrected chi connectivity index (χ2v) is 7.42. The number of Topliss-reactive ketones (excluding diaryl/α,β-unsaturated/α-hetero) is 1. The van der Waals surface area contributed by atoms with Crippen molar-refractivity contribution in [1.82, 2.24) is 5.32 Å². The monoisotopic (exact) mass is 341 g/mol. The highest BCUT2D eigenvalue weighted by atomic mass is 31.0. The third kappa shape index (κ3) is 4.16. The first-order chi connectivity index (χ1) is 10.7. The van der Waals surface area contributed by atoms with Crippen molar-refractivity contribution in [3.05, 3.63) is 34.4 Å². The zero-order valence-corrected chi connectivity index (χ0v) is 15.3. The lowest BCUT2D eigenvalue weighted by Crippen LogP contribution is -2.47. The van der Waals surface area contributed by atoms with E-state index in [1.54, 1.807) is 28.3 Å². The van der Waals surface area contributed by atoms with Crippen molar-refractivity contribution in [2.24, 2.45) is 0 Å². The first-order valence-corrected chi connectivity index (χ1v) is 8.89. The zero-order chi connectivity index (χ0) is 17.3. The molecule has 1 aliphatic carbocycles. The summed E-state index contributed by atoms with van der Waals surface area (Å²) in [4.78, 5) is 12.2. The van der Waals surface area contributed by atoms with E-state index in [1.807, 2.05) is 6.92 Å². The Bertz CT molecular complexity index is 591. The summed E-state index contributed by atoms with van der Waals surface area (Å²) < 4.78 is 28.0. The fraction of sp³-hybridized carbons (Fsp3) is 0.611. The van der Waals surface area contributed by atoms with Crippen LogP contribution < -0.4 is 5.32 Å². The molecule has 0 saturated heterocycles. The van der Waals surface area contributed by atoms with Crippen LogP contribution in [0, 0.1) is 0 Å². The number of ketones is 1. The minimum Gasteiger partial charge on any atom is -0.307 e. The summed E-state index contributed by atoms with van der Waals surface area (Å²) in [7, 11) is 1.60. The van der Waals surface area contributed by atoms with Crippen molar-refractivity contribution in [3.8, 4) is 0 Å². The number of alkyl halides is 2. The first-order valence-electron chi connectivity index (χ1n) is 8.31. The molecule has 0 amide bonds. The number of nitrogens with one attached hydrogen (secondary N) is 1. The number of benzene rings is 1. The molecule has 2 nitrogen and oxygen atoms in total. The Morgan fingerprint density at radius 1 is 1.35 bits per heavy atom. The number of hydrogen-bond acceptors (Lipinski definition) is 2. The van der Waals surface area contributed by atoms with Crippen LogP contribution in [0.5, 0.6) is 0 Å². The number of rotatable bonds is 7. The van der Waals surface area contributed by atoms with Gasteiger partial charge in [0.25, 0.3) is 5.66 Å². The molecule has 1 atom stereocenters. The Kier molecular flexibility index (Phi) is 5.58. The molecular formula is C18H26F2NOP. The average molecular weight is 341 g/mol. The van der Waals surface area contributed by atoms with Crippen LogP contribution in [-0.4, -0.2) is 11.3 Å². The molecule has 0 heterocycles. The summed E-state index contributed by atoms with van der Waals surface area (Å²) in [5.41, 5.74) is -1.29. The number of carbonyl (C=O) groups is 1. The second-order valence-electron chi connectivity index (χ2n) is 6.69. The molecule has 1 aromatic rings. The zero-order valence-electron chi connectivity index (χ0n) is 14.1. The van der Waals surface area contributed by atoms with Gasteiger partial charge in [-0.3, -0.25) is 4.79 Å². The Hall–Kier alpha value is -0.860. The van der Waals surface area contributed by atoms with Crippen molar-refractivity contribution < 1.29 is 13.6 Å². The van der Waals surface area contributed by atoms with E-state index in [1.165, 1.54) is 6.42 Å². The molecule has 128 valence electrons. The van der Waals surface area contributed by atoms with Crippen LogP contribution in [-0.2, 0) is 18.6 Å². The van der Waals surface area contributed by atoms with Gasteiger partial charge in [0.05, 0.1) is 0 Å². The quantitative estimate of drug-likeness (QED) is 0.570. The van der Waals surface area contributed by atoms with Crippen molar-refractivity contribution in [3.63, 3.8) is 0 Å². The molecule has 1 aromatic carbocycles. The van der Waals surface area contributed by atoms with Crippen LogP contribution in [0.2, 0.25) is 0 Å². The maximum atomic E-state index is 14.0. The fourth-order valence-electron chi connectivity index (χ4n) is 3.15. The van der Waals surface area contributed by atoms with E-state index in [2.05, 4.69) is 12.2 Å². The van der Waals surface area contributed by atoms with Crippen LogP contribution in [0.4, 0.5) is 8.78 Å². The molecule has 2 rings (SSSR count). The molecule has 1 fully saturated rings. The Morgan fingerprint density at radius 2 is 2.00 bits per heavy atom. The lowest BCUT2D eigenvalue weighted by atomic mass is 9.78. The van der Waals surface area contributed by atoms with Crippen molar-refractivity contribution in [2.75, 3.05) is 0 Å². The van der Waals surface area contributed by atoms with E-state index < -0.39 is 5.66 Å². The molecule has 0 radical (unpaired) electrons. The third-order valence-electron chi connectivity index (χ3n) is 4.82. The van der Waals surface area contributed by atoms with Gasteiger partial charge in [-0.1, -0.05) is 23.1 Å². The predicted molar refractivity (Wildman–Crippen MR) is 93.1 cm³/mol. The maximum Gasteiger partial charge on any atom is 0.284 e. The van der Waals surface area contributed by atoms with E-state index in [4.69, 9.17) is 0 Å². The summed E-state index contributed by atoms with van der Waals surface area (Å²) in [6.07, 6.45) is 4.16. The van der Waals surface area contributed by atoms with Gasteiger partial charge in [0.15, 0.2) is 5.78 Å². The van der Waals surface area contributed by atoms with Gasteiger partial charge in [-0.25, -0.2) is 0 Å². The highest BCUT2D eigenvalue weighted by Gasteiger charge is 2.32. The van der Waals surface area contributed by atoms with E-state index >= 15 is 0 Å². The van der Waals surface area contributed by atoms with Crippen LogP contribution >= 0.6 is 9.24 Å². The summed E-state index contributed by atoms with van der Waals surface area (Å²) in [6, 6.07) is 3.34. The van der Waals surface area contributed by atoms with E-state index in [0.717, 1.165) is 18.4 Å². The van der Waals surface area contributed by atoms with Crippen LogP contribution in [0.25, 0.3) is 0 Å². The standard InChI is InChI=1S/C18H26F2NOP/c1-4-13-14(16(22)5-2)9-12(10-15(13)18(19,20)23)11-21-17(3)7-6-8-17/h9-10,21H,4-8,11,23H2,1-3H3. The minimum absolute atomic E-state index is 0.0418. The van der Waals surface area contributed by atoms with Gasteiger partial charge in [-0.15, -0.1) is 0 Å². The molecule has 0 aliphatic heterocycles. The molecule has 1 N–H and O–H groups in total. The first kappa shape index (κ1) is 18.5. The van der Waals surface area contributed by atoms with Crippen LogP contribution in [0.1, 0.15) is 73.5 Å². The molecule has 0 aromatic heterocycles. The number of hydrogen-bond donors (Lipinski definition) is 1. The molecule has 0 bridgehead atoms. The summed E-state index contributed by atoms with van der Waals surface area (Å²) >= 11 is 0. The molecular weight excluding hydrogens is 315 g/mol. The average Bonchev–Trinajstić information content (AvgIpc) is 2.48. The highest BCUT2D eigenvalue weighted by Crippen LogP contribution is 2.39. The lowest BCUT2D eigenvalue weighted by Gasteiger charge is -2.39. The van der Waals surface area contributed by atoms with Crippen LogP contribution in [0.15, 0.2) is 12.1 Å². The van der Waals surface area contributed by atoms with Gasteiger partial charge in [-0.2, -0.15) is 8.78 Å². The minimum atomic E-state index is -3.02. The Morgan fingerprint density at radius 3 is 2.43 bits per heavy atom. The van der Waals surface area contributed by atoms with Crippen molar-refractivity contribution in [2.45, 2.75) is 70.6 Å².